The van der Waals surface area contributed by atoms with Gasteiger partial charge in [0.15, 0.2) is 17.1 Å². The van der Waals surface area contributed by atoms with Gasteiger partial charge >= 0.3 is 5.97 Å². The van der Waals surface area contributed by atoms with Crippen molar-refractivity contribution in [3.8, 4) is 22.6 Å². The molecule has 2 heterocycles. The third-order valence-electron chi connectivity index (χ3n) is 4.42. The summed E-state index contributed by atoms with van der Waals surface area (Å²) >= 11 is 0. The van der Waals surface area contributed by atoms with Crippen molar-refractivity contribution in [3.05, 3.63) is 35.7 Å². The van der Waals surface area contributed by atoms with Crippen LogP contribution in [-0.4, -0.2) is 41.4 Å². The maximum atomic E-state index is 12.1. The van der Waals surface area contributed by atoms with Gasteiger partial charge in [0.25, 0.3) is 0 Å². The normalized spacial score (nSPS) is 11.1. The van der Waals surface area contributed by atoms with Crippen LogP contribution in [0.5, 0.6) is 11.5 Å². The van der Waals surface area contributed by atoms with Crippen molar-refractivity contribution in [2.75, 3.05) is 26.6 Å². The Hall–Kier alpha value is -3.29. The number of benzene rings is 1. The lowest BCUT2D eigenvalue weighted by molar-refractivity contribution is 0.0526. The minimum absolute atomic E-state index is 0.107. The fourth-order valence-electron chi connectivity index (χ4n) is 3.06. The van der Waals surface area contributed by atoms with E-state index >= 15 is 0 Å². The average molecular weight is 384 g/mol. The van der Waals surface area contributed by atoms with E-state index in [1.54, 1.807) is 21.1 Å². The molecule has 3 aromatic rings. The van der Waals surface area contributed by atoms with Crippen LogP contribution in [0.2, 0.25) is 0 Å². The Labute approximate surface area is 163 Å². The highest BCUT2D eigenvalue weighted by Crippen LogP contribution is 2.38. The Morgan fingerprint density at radius 2 is 1.93 bits per heavy atom. The van der Waals surface area contributed by atoms with Gasteiger partial charge in [-0.25, -0.2) is 9.78 Å². The summed E-state index contributed by atoms with van der Waals surface area (Å²) in [6, 6.07) is 5.62. The molecule has 0 aliphatic carbocycles. The van der Waals surface area contributed by atoms with Crippen molar-refractivity contribution >= 4 is 17.4 Å². The molecule has 0 saturated heterocycles. The number of hydrogen-bond donors (Lipinski definition) is 1. The number of rotatable bonds is 6. The molecule has 8 heteroatoms. The maximum absolute atomic E-state index is 12.1. The quantitative estimate of drug-likeness (QED) is 0.651. The van der Waals surface area contributed by atoms with Crippen LogP contribution in [0.25, 0.3) is 16.8 Å². The molecule has 0 amide bonds. The van der Waals surface area contributed by atoms with Gasteiger partial charge < -0.3 is 19.9 Å². The largest absolute Gasteiger partial charge is 0.493 e. The number of methoxy groups -OCH3 is 2. The molecule has 0 atom stereocenters. The second kappa shape index (κ2) is 7.75. The van der Waals surface area contributed by atoms with Crippen LogP contribution in [0.3, 0.4) is 0 Å². The van der Waals surface area contributed by atoms with Crippen LogP contribution >= 0.6 is 0 Å². The van der Waals surface area contributed by atoms with E-state index < -0.39 is 5.97 Å². The molecule has 2 aromatic heterocycles. The zero-order valence-electron chi connectivity index (χ0n) is 16.6. The van der Waals surface area contributed by atoms with E-state index in [9.17, 15) is 4.79 Å². The third-order valence-corrected chi connectivity index (χ3v) is 4.42. The van der Waals surface area contributed by atoms with E-state index in [0.717, 1.165) is 16.8 Å². The lowest BCUT2D eigenvalue weighted by Gasteiger charge is -2.11. The van der Waals surface area contributed by atoms with Crippen molar-refractivity contribution < 1.29 is 19.0 Å². The predicted molar refractivity (Wildman–Crippen MR) is 106 cm³/mol. The number of nitrogens with zero attached hydrogens (tertiary/aromatic N) is 3. The monoisotopic (exact) mass is 384 g/mol. The van der Waals surface area contributed by atoms with Crippen LogP contribution in [0, 0.1) is 0 Å². The number of hydrogen-bond acceptors (Lipinski definition) is 7. The van der Waals surface area contributed by atoms with Crippen molar-refractivity contribution in [3.63, 3.8) is 0 Å². The van der Waals surface area contributed by atoms with E-state index in [0.29, 0.717) is 17.1 Å². The first kappa shape index (κ1) is 19.5. The second-order valence-electron chi connectivity index (χ2n) is 6.50. The van der Waals surface area contributed by atoms with E-state index in [4.69, 9.17) is 19.9 Å². The number of nitrogen functional groups attached to an aromatic ring is 1. The van der Waals surface area contributed by atoms with Crippen LogP contribution in [0.1, 0.15) is 42.7 Å². The Bertz CT molecular complexity index is 1030. The van der Waals surface area contributed by atoms with Crippen LogP contribution in [0.15, 0.2) is 24.4 Å². The van der Waals surface area contributed by atoms with Crippen LogP contribution in [-0.2, 0) is 4.74 Å². The number of nitrogens with two attached hydrogens (primary N) is 1. The van der Waals surface area contributed by atoms with E-state index in [-0.39, 0.29) is 23.9 Å². The molecule has 0 bridgehead atoms. The summed E-state index contributed by atoms with van der Waals surface area (Å²) in [6.07, 6.45) is 1.43. The van der Waals surface area contributed by atoms with Gasteiger partial charge in [-0.1, -0.05) is 19.9 Å². The van der Waals surface area contributed by atoms with Crippen molar-refractivity contribution in [1.82, 2.24) is 14.6 Å². The molecule has 148 valence electrons. The van der Waals surface area contributed by atoms with Crippen molar-refractivity contribution in [1.29, 1.82) is 0 Å². The first-order valence-corrected chi connectivity index (χ1v) is 8.99. The smallest absolute Gasteiger partial charge is 0.343 e. The van der Waals surface area contributed by atoms with Crippen LogP contribution in [0.4, 0.5) is 5.82 Å². The Morgan fingerprint density at radius 3 is 2.54 bits per heavy atom. The molecule has 0 radical (unpaired) electrons. The number of esters is 1. The molecule has 0 unspecified atom stereocenters. The van der Waals surface area contributed by atoms with E-state index in [2.05, 4.69) is 10.1 Å². The lowest BCUT2D eigenvalue weighted by atomic mass is 9.99. The summed E-state index contributed by atoms with van der Waals surface area (Å²) in [6.45, 7) is 6.06. The number of aromatic nitrogens is 3. The molecule has 28 heavy (non-hydrogen) atoms. The van der Waals surface area contributed by atoms with Gasteiger partial charge in [0.1, 0.15) is 11.4 Å². The number of carbonyl (C=O) groups excluding carboxylic acids is 1. The topological polar surface area (TPSA) is 101 Å². The summed E-state index contributed by atoms with van der Waals surface area (Å²) in [4.78, 5) is 16.6. The van der Waals surface area contributed by atoms with E-state index in [1.807, 2.05) is 32.0 Å². The van der Waals surface area contributed by atoms with E-state index in [1.165, 1.54) is 10.7 Å². The lowest BCUT2D eigenvalue weighted by Crippen LogP contribution is -2.12. The molecule has 3 rings (SSSR count). The molecular weight excluding hydrogens is 360 g/mol. The Balaban J connectivity index is 2.26. The SMILES string of the molecule is CCOC(=O)c1cnc2c(-c3ccc(OC)c(OC)c3)c(C(C)C)nn2c1N. The highest BCUT2D eigenvalue weighted by molar-refractivity contribution is 5.95. The Morgan fingerprint density at radius 1 is 1.21 bits per heavy atom. The number of ether oxygens (including phenoxy) is 3. The van der Waals surface area contributed by atoms with Crippen molar-refractivity contribution in [2.24, 2.45) is 0 Å². The molecule has 0 aliphatic heterocycles. The first-order chi connectivity index (χ1) is 13.4. The molecule has 0 saturated carbocycles. The van der Waals surface area contributed by atoms with Gasteiger partial charge in [-0.2, -0.15) is 9.61 Å². The summed E-state index contributed by atoms with van der Waals surface area (Å²) in [7, 11) is 3.18. The fraction of sp³-hybridized carbons (Fsp3) is 0.350. The standard InChI is InChI=1S/C20H24N4O4/c1-6-28-20(25)13-10-22-19-16(17(11(2)3)23-24(19)18(13)21)12-7-8-14(26-4)15(9-12)27-5/h7-11H,6,21H2,1-5H3. The zero-order chi connectivity index (χ0) is 20.4. The van der Waals surface area contributed by atoms with Gasteiger partial charge in [-0.15, -0.1) is 0 Å². The summed E-state index contributed by atoms with van der Waals surface area (Å²) in [5.41, 5.74) is 9.48. The predicted octanol–water partition coefficient (Wildman–Crippen LogP) is 3.30. The van der Waals surface area contributed by atoms with Gasteiger partial charge in [0.05, 0.1) is 32.1 Å². The number of carbonyl (C=O) groups is 1. The van der Waals surface area contributed by atoms with Crippen molar-refractivity contribution in [2.45, 2.75) is 26.7 Å². The van der Waals surface area contributed by atoms with Gasteiger partial charge in [-0.3, -0.25) is 0 Å². The Kier molecular flexibility index (Phi) is 5.39. The molecule has 0 aliphatic rings. The molecule has 0 spiro atoms. The highest BCUT2D eigenvalue weighted by atomic mass is 16.5. The molecule has 2 N–H and O–H groups in total. The second-order valence-corrected chi connectivity index (χ2v) is 6.50. The van der Waals surface area contributed by atoms with Gasteiger partial charge in [-0.05, 0) is 30.5 Å². The summed E-state index contributed by atoms with van der Waals surface area (Å²) in [5, 5.41) is 4.64. The van der Waals surface area contributed by atoms with Gasteiger partial charge in [0, 0.05) is 6.20 Å². The molecular formula is C20H24N4O4. The molecule has 8 nitrogen and oxygen atoms in total. The minimum Gasteiger partial charge on any atom is -0.493 e. The average Bonchev–Trinajstić information content (AvgIpc) is 3.08. The number of anilines is 1. The van der Waals surface area contributed by atoms with Gasteiger partial charge in [0.2, 0.25) is 0 Å². The zero-order valence-corrected chi connectivity index (χ0v) is 16.6. The fourth-order valence-corrected chi connectivity index (χ4v) is 3.06. The molecule has 0 fully saturated rings. The maximum Gasteiger partial charge on any atom is 0.343 e. The van der Waals surface area contributed by atoms with Crippen LogP contribution < -0.4 is 15.2 Å². The molecule has 1 aromatic carbocycles. The first-order valence-electron chi connectivity index (χ1n) is 8.99. The summed E-state index contributed by atoms with van der Waals surface area (Å²) < 4.78 is 17.3. The third kappa shape index (κ3) is 3.21. The highest BCUT2D eigenvalue weighted by Gasteiger charge is 2.23. The summed E-state index contributed by atoms with van der Waals surface area (Å²) in [5.74, 6) is 1.01. The number of fused-ring (bicyclic) bond motifs is 1. The minimum atomic E-state index is -0.524.